The SMILES string of the molecule is COc1ccc([C@H](CN2CCN(C)CC2)N[C@H]2CCSC2)cc1. The third kappa shape index (κ3) is 4.86. The highest BCUT2D eigenvalue weighted by Crippen LogP contribution is 2.24. The summed E-state index contributed by atoms with van der Waals surface area (Å²) in [5.74, 6) is 3.47. The molecule has 4 nitrogen and oxygen atoms in total. The molecule has 2 fully saturated rings. The van der Waals surface area contributed by atoms with Gasteiger partial charge in [0.2, 0.25) is 0 Å². The Kier molecular flexibility index (Phi) is 6.22. The molecule has 2 saturated heterocycles. The quantitative estimate of drug-likeness (QED) is 0.859. The van der Waals surface area contributed by atoms with E-state index in [-0.39, 0.29) is 0 Å². The summed E-state index contributed by atoms with van der Waals surface area (Å²) in [6.07, 6.45) is 1.29. The average Bonchev–Trinajstić information content (AvgIpc) is 3.09. The second kappa shape index (κ2) is 8.38. The zero-order valence-corrected chi connectivity index (χ0v) is 15.1. The summed E-state index contributed by atoms with van der Waals surface area (Å²) in [5.41, 5.74) is 1.38. The highest BCUT2D eigenvalue weighted by molar-refractivity contribution is 7.99. The minimum atomic E-state index is 0.410. The zero-order chi connectivity index (χ0) is 16.1. The summed E-state index contributed by atoms with van der Waals surface area (Å²) in [4.78, 5) is 5.02. The molecule has 2 atom stereocenters. The summed E-state index contributed by atoms with van der Waals surface area (Å²) < 4.78 is 5.30. The van der Waals surface area contributed by atoms with E-state index in [2.05, 4.69) is 58.2 Å². The molecule has 0 saturated carbocycles. The van der Waals surface area contributed by atoms with Crippen molar-refractivity contribution in [1.82, 2.24) is 15.1 Å². The molecular weight excluding hydrogens is 306 g/mol. The van der Waals surface area contributed by atoms with Gasteiger partial charge in [0.05, 0.1) is 7.11 Å². The van der Waals surface area contributed by atoms with Crippen LogP contribution < -0.4 is 10.1 Å². The van der Waals surface area contributed by atoms with E-state index in [0.29, 0.717) is 12.1 Å². The predicted molar refractivity (Wildman–Crippen MR) is 98.5 cm³/mol. The van der Waals surface area contributed by atoms with Gasteiger partial charge < -0.3 is 15.0 Å². The fraction of sp³-hybridized carbons (Fsp3) is 0.667. The molecule has 2 aliphatic rings. The number of methoxy groups -OCH3 is 1. The Labute approximate surface area is 144 Å². The number of thioether (sulfide) groups is 1. The first-order valence-corrected chi connectivity index (χ1v) is 9.78. The fourth-order valence-electron chi connectivity index (χ4n) is 3.33. The normalized spacial score (nSPS) is 24.7. The first kappa shape index (κ1) is 17.1. The van der Waals surface area contributed by atoms with E-state index in [1.165, 1.54) is 49.7 Å². The molecule has 1 aromatic rings. The molecule has 2 aliphatic heterocycles. The lowest BCUT2D eigenvalue weighted by molar-refractivity contribution is 0.140. The number of nitrogens with zero attached hydrogens (tertiary/aromatic N) is 2. The first-order chi connectivity index (χ1) is 11.2. The summed E-state index contributed by atoms with van der Waals surface area (Å²) in [6.45, 7) is 5.79. The highest BCUT2D eigenvalue weighted by Gasteiger charge is 2.24. The standard InChI is InChI=1S/C18H29N3OS/c1-20-8-10-21(11-9-20)13-18(19-16-7-12-23-14-16)15-3-5-17(22-2)6-4-15/h3-6,16,18-19H,7-14H2,1-2H3/t16-,18-/m0/s1. The van der Waals surface area contributed by atoms with Crippen LogP contribution in [0.1, 0.15) is 18.0 Å². The van der Waals surface area contributed by atoms with Gasteiger partial charge >= 0.3 is 0 Å². The van der Waals surface area contributed by atoms with Gasteiger partial charge in [-0.3, -0.25) is 4.90 Å². The van der Waals surface area contributed by atoms with Crippen molar-refractivity contribution in [2.24, 2.45) is 0 Å². The van der Waals surface area contributed by atoms with Crippen molar-refractivity contribution in [3.8, 4) is 5.75 Å². The van der Waals surface area contributed by atoms with Crippen molar-refractivity contribution in [2.45, 2.75) is 18.5 Å². The minimum Gasteiger partial charge on any atom is -0.497 e. The Bertz CT molecular complexity index is 468. The molecule has 0 aliphatic carbocycles. The Morgan fingerprint density at radius 2 is 1.96 bits per heavy atom. The van der Waals surface area contributed by atoms with Crippen LogP contribution in [0, 0.1) is 0 Å². The van der Waals surface area contributed by atoms with Crippen LogP contribution in [0.15, 0.2) is 24.3 Å². The van der Waals surface area contributed by atoms with Crippen LogP contribution in [0.2, 0.25) is 0 Å². The van der Waals surface area contributed by atoms with Gasteiger partial charge in [-0.05, 0) is 36.9 Å². The van der Waals surface area contributed by atoms with E-state index < -0.39 is 0 Å². The van der Waals surface area contributed by atoms with Crippen molar-refractivity contribution >= 4 is 11.8 Å². The number of rotatable bonds is 6. The van der Waals surface area contributed by atoms with Crippen LogP contribution in [-0.4, -0.2) is 74.2 Å². The number of hydrogen-bond donors (Lipinski definition) is 1. The molecule has 0 unspecified atom stereocenters. The second-order valence-corrected chi connectivity index (χ2v) is 7.81. The number of piperazine rings is 1. The van der Waals surface area contributed by atoms with Gasteiger partial charge in [-0.25, -0.2) is 0 Å². The monoisotopic (exact) mass is 335 g/mol. The molecule has 0 radical (unpaired) electrons. The average molecular weight is 336 g/mol. The van der Waals surface area contributed by atoms with E-state index >= 15 is 0 Å². The number of benzene rings is 1. The Morgan fingerprint density at radius 1 is 1.22 bits per heavy atom. The van der Waals surface area contributed by atoms with Gasteiger partial charge in [0.25, 0.3) is 0 Å². The number of ether oxygens (including phenoxy) is 1. The summed E-state index contributed by atoms with van der Waals surface area (Å²) in [5, 5.41) is 3.91. The van der Waals surface area contributed by atoms with Crippen LogP contribution in [0.3, 0.4) is 0 Å². The highest BCUT2D eigenvalue weighted by atomic mass is 32.2. The summed E-state index contributed by atoms with van der Waals surface area (Å²) in [6, 6.07) is 9.66. The van der Waals surface area contributed by atoms with Gasteiger partial charge in [-0.2, -0.15) is 11.8 Å². The zero-order valence-electron chi connectivity index (χ0n) is 14.3. The number of nitrogens with one attached hydrogen (secondary N) is 1. The third-order valence-electron chi connectivity index (χ3n) is 4.92. The van der Waals surface area contributed by atoms with E-state index in [1.54, 1.807) is 7.11 Å². The van der Waals surface area contributed by atoms with Gasteiger partial charge in [-0.15, -0.1) is 0 Å². The number of hydrogen-bond acceptors (Lipinski definition) is 5. The maximum atomic E-state index is 5.30. The van der Waals surface area contributed by atoms with Crippen LogP contribution in [-0.2, 0) is 0 Å². The molecule has 1 aromatic carbocycles. The van der Waals surface area contributed by atoms with Gasteiger partial charge in [0.1, 0.15) is 5.75 Å². The Balaban J connectivity index is 1.66. The summed E-state index contributed by atoms with van der Waals surface area (Å²) in [7, 11) is 3.94. The lowest BCUT2D eigenvalue weighted by Gasteiger charge is -2.35. The molecule has 3 rings (SSSR count). The third-order valence-corrected chi connectivity index (χ3v) is 6.08. The maximum absolute atomic E-state index is 5.30. The molecule has 0 spiro atoms. The van der Waals surface area contributed by atoms with Gasteiger partial charge in [-0.1, -0.05) is 12.1 Å². The smallest absolute Gasteiger partial charge is 0.118 e. The largest absolute Gasteiger partial charge is 0.497 e. The Hall–Kier alpha value is -0.750. The molecule has 1 N–H and O–H groups in total. The summed E-state index contributed by atoms with van der Waals surface area (Å²) >= 11 is 2.07. The molecule has 23 heavy (non-hydrogen) atoms. The van der Waals surface area contributed by atoms with Crippen LogP contribution in [0.25, 0.3) is 0 Å². The van der Waals surface area contributed by atoms with E-state index in [0.717, 1.165) is 12.3 Å². The van der Waals surface area contributed by atoms with Crippen molar-refractivity contribution < 1.29 is 4.74 Å². The fourth-order valence-corrected chi connectivity index (χ4v) is 4.49. The van der Waals surface area contributed by atoms with E-state index in [4.69, 9.17) is 4.74 Å². The van der Waals surface area contributed by atoms with Gasteiger partial charge in [0.15, 0.2) is 0 Å². The van der Waals surface area contributed by atoms with Gasteiger partial charge in [0, 0.05) is 50.6 Å². The molecule has 0 aromatic heterocycles. The van der Waals surface area contributed by atoms with Crippen LogP contribution in [0.5, 0.6) is 5.75 Å². The van der Waals surface area contributed by atoms with Crippen LogP contribution >= 0.6 is 11.8 Å². The lowest BCUT2D eigenvalue weighted by atomic mass is 10.0. The van der Waals surface area contributed by atoms with Crippen LogP contribution in [0.4, 0.5) is 0 Å². The van der Waals surface area contributed by atoms with Crippen molar-refractivity contribution in [3.05, 3.63) is 29.8 Å². The Morgan fingerprint density at radius 3 is 2.57 bits per heavy atom. The van der Waals surface area contributed by atoms with Crippen molar-refractivity contribution in [3.63, 3.8) is 0 Å². The van der Waals surface area contributed by atoms with Crippen molar-refractivity contribution in [2.75, 3.05) is 58.4 Å². The maximum Gasteiger partial charge on any atom is 0.118 e. The van der Waals surface area contributed by atoms with E-state index in [1.807, 2.05) is 0 Å². The lowest BCUT2D eigenvalue weighted by Crippen LogP contribution is -2.48. The minimum absolute atomic E-state index is 0.410. The second-order valence-electron chi connectivity index (χ2n) is 6.66. The molecular formula is C18H29N3OS. The van der Waals surface area contributed by atoms with E-state index in [9.17, 15) is 0 Å². The molecule has 0 bridgehead atoms. The molecule has 128 valence electrons. The number of likely N-dealkylation sites (N-methyl/N-ethyl adjacent to an activating group) is 1. The predicted octanol–water partition coefficient (Wildman–Crippen LogP) is 2.08. The molecule has 2 heterocycles. The molecule has 5 heteroatoms. The van der Waals surface area contributed by atoms with Crippen molar-refractivity contribution in [1.29, 1.82) is 0 Å². The first-order valence-electron chi connectivity index (χ1n) is 8.63. The topological polar surface area (TPSA) is 27.7 Å². The molecule has 0 amide bonds.